The Balaban J connectivity index is 1.11. The molecule has 3 heteroatoms. The van der Waals surface area contributed by atoms with Crippen molar-refractivity contribution in [1.82, 2.24) is 14.5 Å². The predicted molar refractivity (Wildman–Crippen MR) is 230 cm³/mol. The fourth-order valence-electron chi connectivity index (χ4n) is 9.16. The molecule has 262 valence electrons. The van der Waals surface area contributed by atoms with Gasteiger partial charge in [0.15, 0.2) is 0 Å². The fourth-order valence-corrected chi connectivity index (χ4v) is 9.16. The van der Waals surface area contributed by atoms with Gasteiger partial charge in [-0.3, -0.25) is 0 Å². The van der Waals surface area contributed by atoms with Gasteiger partial charge in [0.2, 0.25) is 0 Å². The lowest BCUT2D eigenvalue weighted by atomic mass is 9.67. The van der Waals surface area contributed by atoms with Crippen LogP contribution in [-0.2, 0) is 5.41 Å². The minimum absolute atomic E-state index is 0.534. The van der Waals surface area contributed by atoms with E-state index >= 15 is 0 Å². The molecule has 3 nitrogen and oxygen atoms in total. The predicted octanol–water partition coefficient (Wildman–Crippen LogP) is 12.9. The van der Waals surface area contributed by atoms with Gasteiger partial charge in [-0.25, -0.2) is 9.97 Å². The molecular weight excluding hydrogens is 679 g/mol. The molecule has 10 aromatic rings. The van der Waals surface area contributed by atoms with Gasteiger partial charge in [0.1, 0.15) is 6.33 Å². The minimum Gasteiger partial charge on any atom is -0.309 e. The average molecular weight is 714 g/mol. The standard InChI is InChI=1S/C53H35N3/c1-4-12-42(13-5-1)53(43-14-6-2-7-15-43)49-31-39(36-20-22-37(23-21-36)41-33-54-35-55-34-41)24-27-45(49)46-28-25-40(32-50(46)53)38-26-29-52-48(30-38)47-18-10-11-19-51(47)56(52)44-16-8-3-9-17-44/h1-35H. The topological polar surface area (TPSA) is 30.7 Å². The van der Waals surface area contributed by atoms with E-state index in [4.69, 9.17) is 0 Å². The van der Waals surface area contributed by atoms with E-state index < -0.39 is 5.41 Å². The zero-order chi connectivity index (χ0) is 37.1. The molecule has 2 aromatic heterocycles. The van der Waals surface area contributed by atoms with E-state index in [2.05, 4.69) is 209 Å². The van der Waals surface area contributed by atoms with Gasteiger partial charge in [0.25, 0.3) is 0 Å². The molecule has 11 rings (SSSR count). The Morgan fingerprint density at radius 3 is 1.45 bits per heavy atom. The monoisotopic (exact) mass is 713 g/mol. The first-order valence-electron chi connectivity index (χ1n) is 19.1. The Morgan fingerprint density at radius 1 is 0.357 bits per heavy atom. The van der Waals surface area contributed by atoms with Crippen LogP contribution in [0.1, 0.15) is 22.3 Å². The van der Waals surface area contributed by atoms with Crippen LogP contribution in [0.2, 0.25) is 0 Å². The minimum atomic E-state index is -0.534. The lowest BCUT2D eigenvalue weighted by Gasteiger charge is -2.34. The SMILES string of the molecule is c1ccc(-n2c3ccccc3c3cc(-c4ccc5c(c4)C(c4ccccc4)(c4ccccc4)c4cc(-c6ccc(-c7cncnc7)cc6)ccc4-5)ccc32)cc1. The summed E-state index contributed by atoms with van der Waals surface area (Å²) in [6, 6.07) is 71.4. The number of hydrogen-bond donors (Lipinski definition) is 0. The number of fused-ring (bicyclic) bond motifs is 6. The molecule has 0 spiro atoms. The Kier molecular flexibility index (Phi) is 7.39. The molecule has 0 unspecified atom stereocenters. The lowest BCUT2D eigenvalue weighted by molar-refractivity contribution is 0.769. The lowest BCUT2D eigenvalue weighted by Crippen LogP contribution is -2.28. The summed E-state index contributed by atoms with van der Waals surface area (Å²) in [5, 5.41) is 2.50. The van der Waals surface area contributed by atoms with Gasteiger partial charge in [-0.15, -0.1) is 0 Å². The van der Waals surface area contributed by atoms with E-state index in [1.165, 1.54) is 83.1 Å². The zero-order valence-electron chi connectivity index (χ0n) is 30.5. The van der Waals surface area contributed by atoms with Crippen LogP contribution in [0.25, 0.3) is 72.0 Å². The summed E-state index contributed by atoms with van der Waals surface area (Å²) in [7, 11) is 0. The summed E-state index contributed by atoms with van der Waals surface area (Å²) in [4.78, 5) is 8.45. The highest BCUT2D eigenvalue weighted by Gasteiger charge is 2.46. The molecular formula is C53H35N3. The molecule has 2 heterocycles. The third-order valence-electron chi connectivity index (χ3n) is 11.7. The van der Waals surface area contributed by atoms with E-state index in [0.717, 1.165) is 11.1 Å². The van der Waals surface area contributed by atoms with Crippen molar-refractivity contribution < 1.29 is 0 Å². The summed E-state index contributed by atoms with van der Waals surface area (Å²) >= 11 is 0. The fraction of sp³-hybridized carbons (Fsp3) is 0.0189. The van der Waals surface area contributed by atoms with Gasteiger partial charge in [-0.05, 0) is 104 Å². The molecule has 0 amide bonds. The molecule has 56 heavy (non-hydrogen) atoms. The first kappa shape index (κ1) is 32.1. The van der Waals surface area contributed by atoms with Gasteiger partial charge >= 0.3 is 0 Å². The van der Waals surface area contributed by atoms with Gasteiger partial charge in [0.05, 0.1) is 16.4 Å². The molecule has 8 aromatic carbocycles. The van der Waals surface area contributed by atoms with E-state index in [-0.39, 0.29) is 0 Å². The van der Waals surface area contributed by atoms with Crippen LogP contribution in [0.15, 0.2) is 213 Å². The van der Waals surface area contributed by atoms with Crippen LogP contribution in [0.4, 0.5) is 0 Å². The van der Waals surface area contributed by atoms with Crippen LogP contribution >= 0.6 is 0 Å². The largest absolute Gasteiger partial charge is 0.309 e. The quantitative estimate of drug-likeness (QED) is 0.172. The van der Waals surface area contributed by atoms with Gasteiger partial charge < -0.3 is 4.57 Å². The summed E-state index contributed by atoms with van der Waals surface area (Å²) in [6.07, 6.45) is 5.29. The molecule has 0 atom stereocenters. The summed E-state index contributed by atoms with van der Waals surface area (Å²) < 4.78 is 2.38. The first-order chi connectivity index (χ1) is 27.8. The van der Waals surface area contributed by atoms with Crippen LogP contribution in [-0.4, -0.2) is 14.5 Å². The van der Waals surface area contributed by atoms with Crippen LogP contribution in [0.3, 0.4) is 0 Å². The van der Waals surface area contributed by atoms with Gasteiger partial charge in [0, 0.05) is 34.4 Å². The Morgan fingerprint density at radius 2 is 0.821 bits per heavy atom. The van der Waals surface area contributed by atoms with Crippen molar-refractivity contribution in [2.45, 2.75) is 5.41 Å². The van der Waals surface area contributed by atoms with Crippen molar-refractivity contribution in [3.8, 4) is 50.2 Å². The second kappa shape index (κ2) is 12.9. The summed E-state index contributed by atoms with van der Waals surface area (Å²) in [6.45, 7) is 0. The number of hydrogen-bond acceptors (Lipinski definition) is 2. The third kappa shape index (κ3) is 4.91. The van der Waals surface area contributed by atoms with E-state index in [9.17, 15) is 0 Å². The Bertz CT molecular complexity index is 3000. The van der Waals surface area contributed by atoms with E-state index in [1.807, 2.05) is 12.4 Å². The third-order valence-corrected chi connectivity index (χ3v) is 11.7. The van der Waals surface area contributed by atoms with Crippen molar-refractivity contribution in [3.63, 3.8) is 0 Å². The molecule has 0 bridgehead atoms. The van der Waals surface area contributed by atoms with Gasteiger partial charge in [-0.2, -0.15) is 0 Å². The number of aromatic nitrogens is 3. The zero-order valence-corrected chi connectivity index (χ0v) is 30.5. The van der Waals surface area contributed by atoms with Crippen molar-refractivity contribution in [3.05, 3.63) is 235 Å². The highest BCUT2D eigenvalue weighted by molar-refractivity contribution is 6.10. The van der Waals surface area contributed by atoms with Crippen molar-refractivity contribution in [2.75, 3.05) is 0 Å². The van der Waals surface area contributed by atoms with Gasteiger partial charge in [-0.1, -0.05) is 152 Å². The summed E-state index contributed by atoms with van der Waals surface area (Å²) in [5.74, 6) is 0. The van der Waals surface area contributed by atoms with Crippen LogP contribution in [0, 0.1) is 0 Å². The second-order valence-electron chi connectivity index (χ2n) is 14.6. The molecule has 0 saturated heterocycles. The normalized spacial score (nSPS) is 12.8. The molecule has 0 N–H and O–H groups in total. The molecule has 0 aliphatic heterocycles. The van der Waals surface area contributed by atoms with Crippen molar-refractivity contribution in [2.24, 2.45) is 0 Å². The molecule has 0 fully saturated rings. The second-order valence-corrected chi connectivity index (χ2v) is 14.6. The maximum absolute atomic E-state index is 4.23. The van der Waals surface area contributed by atoms with E-state index in [1.54, 1.807) is 6.33 Å². The highest BCUT2D eigenvalue weighted by atomic mass is 15.0. The average Bonchev–Trinajstić information content (AvgIpc) is 3.77. The Labute approximate surface area is 325 Å². The number of nitrogens with zero attached hydrogens (tertiary/aromatic N) is 3. The Hall–Kier alpha value is -7.36. The first-order valence-corrected chi connectivity index (χ1v) is 19.1. The maximum Gasteiger partial charge on any atom is 0.115 e. The van der Waals surface area contributed by atoms with Crippen LogP contribution < -0.4 is 0 Å². The van der Waals surface area contributed by atoms with Crippen molar-refractivity contribution >= 4 is 21.8 Å². The smallest absolute Gasteiger partial charge is 0.115 e. The molecule has 1 aliphatic carbocycles. The summed E-state index contributed by atoms with van der Waals surface area (Å²) in [5.41, 5.74) is 17.5. The molecule has 0 radical (unpaired) electrons. The number of para-hydroxylation sites is 2. The molecule has 0 saturated carbocycles. The van der Waals surface area contributed by atoms with E-state index in [0.29, 0.717) is 0 Å². The van der Waals surface area contributed by atoms with Crippen LogP contribution in [0.5, 0.6) is 0 Å². The highest BCUT2D eigenvalue weighted by Crippen LogP contribution is 2.57. The molecule has 1 aliphatic rings. The maximum atomic E-state index is 4.23. The number of rotatable bonds is 6. The van der Waals surface area contributed by atoms with Crippen molar-refractivity contribution in [1.29, 1.82) is 0 Å². The number of benzene rings is 8.